The molecule has 0 bridgehead atoms. The second kappa shape index (κ2) is 10.9. The predicted octanol–water partition coefficient (Wildman–Crippen LogP) is 2.72. The van der Waals surface area contributed by atoms with Gasteiger partial charge in [0.05, 0.1) is 6.10 Å². The first-order valence-electron chi connectivity index (χ1n) is 9.56. The van der Waals surface area contributed by atoms with Crippen molar-refractivity contribution in [2.24, 2.45) is 16.3 Å². The number of piperidine rings is 1. The standard InChI is InChI=1S/C19H40N4O/c1-16-9-13-23(14-10-16)12-8-7-11-21-18(20-5)22-15-17(24-6)19(2,3)4/h16-17H,7-15H2,1-6H3,(H2,20,21,22). The lowest BCUT2D eigenvalue weighted by Crippen LogP contribution is -2.45. The summed E-state index contributed by atoms with van der Waals surface area (Å²) in [4.78, 5) is 6.91. The Morgan fingerprint density at radius 2 is 1.88 bits per heavy atom. The van der Waals surface area contributed by atoms with Gasteiger partial charge < -0.3 is 20.3 Å². The summed E-state index contributed by atoms with van der Waals surface area (Å²) in [5.74, 6) is 1.79. The zero-order valence-electron chi connectivity index (χ0n) is 16.8. The molecule has 0 aromatic rings. The fourth-order valence-electron chi connectivity index (χ4n) is 3.11. The summed E-state index contributed by atoms with van der Waals surface area (Å²) in [5.41, 5.74) is 0.118. The number of hydrogen-bond donors (Lipinski definition) is 2. The van der Waals surface area contributed by atoms with E-state index in [0.717, 1.165) is 25.0 Å². The first-order chi connectivity index (χ1) is 11.4. The number of nitrogens with one attached hydrogen (secondary N) is 2. The zero-order valence-corrected chi connectivity index (χ0v) is 16.8. The molecule has 0 radical (unpaired) electrons. The molecule has 24 heavy (non-hydrogen) atoms. The van der Waals surface area contributed by atoms with Crippen molar-refractivity contribution < 1.29 is 4.74 Å². The minimum Gasteiger partial charge on any atom is -0.379 e. The summed E-state index contributed by atoms with van der Waals surface area (Å²) < 4.78 is 5.58. The van der Waals surface area contributed by atoms with E-state index >= 15 is 0 Å². The molecular formula is C19H40N4O. The van der Waals surface area contributed by atoms with Crippen LogP contribution < -0.4 is 10.6 Å². The highest BCUT2D eigenvalue weighted by molar-refractivity contribution is 5.79. The van der Waals surface area contributed by atoms with Crippen molar-refractivity contribution in [3.05, 3.63) is 0 Å². The monoisotopic (exact) mass is 340 g/mol. The Bertz CT molecular complexity index is 357. The van der Waals surface area contributed by atoms with Gasteiger partial charge in [0.1, 0.15) is 0 Å². The van der Waals surface area contributed by atoms with Crippen LogP contribution in [0.1, 0.15) is 53.4 Å². The van der Waals surface area contributed by atoms with Crippen molar-refractivity contribution in [1.82, 2.24) is 15.5 Å². The van der Waals surface area contributed by atoms with Crippen molar-refractivity contribution in [2.45, 2.75) is 59.5 Å². The Hall–Kier alpha value is -0.810. The minimum atomic E-state index is 0.118. The molecule has 0 aliphatic carbocycles. The molecule has 0 amide bonds. The maximum absolute atomic E-state index is 5.58. The highest BCUT2D eigenvalue weighted by Gasteiger charge is 2.24. The van der Waals surface area contributed by atoms with E-state index in [4.69, 9.17) is 4.74 Å². The molecule has 1 saturated heterocycles. The Morgan fingerprint density at radius 1 is 1.21 bits per heavy atom. The Balaban J connectivity index is 2.13. The summed E-state index contributed by atoms with van der Waals surface area (Å²) in [6, 6.07) is 0. The van der Waals surface area contributed by atoms with Crippen LogP contribution in [-0.4, -0.2) is 63.8 Å². The van der Waals surface area contributed by atoms with Crippen LogP contribution in [0.3, 0.4) is 0 Å². The van der Waals surface area contributed by atoms with E-state index in [9.17, 15) is 0 Å². The highest BCUT2D eigenvalue weighted by atomic mass is 16.5. The first kappa shape index (κ1) is 21.2. The Kier molecular flexibility index (Phi) is 9.67. The van der Waals surface area contributed by atoms with E-state index in [0.29, 0.717) is 0 Å². The van der Waals surface area contributed by atoms with Crippen LogP contribution >= 0.6 is 0 Å². The van der Waals surface area contributed by atoms with Crippen LogP contribution in [0.15, 0.2) is 4.99 Å². The van der Waals surface area contributed by atoms with Gasteiger partial charge in [0.2, 0.25) is 0 Å². The number of likely N-dealkylation sites (tertiary alicyclic amines) is 1. The van der Waals surface area contributed by atoms with E-state index in [-0.39, 0.29) is 11.5 Å². The lowest BCUT2D eigenvalue weighted by Gasteiger charge is -2.30. The topological polar surface area (TPSA) is 48.9 Å². The smallest absolute Gasteiger partial charge is 0.191 e. The average molecular weight is 341 g/mol. The second-order valence-corrected chi connectivity index (χ2v) is 8.20. The van der Waals surface area contributed by atoms with E-state index in [2.05, 4.69) is 48.2 Å². The van der Waals surface area contributed by atoms with E-state index in [1.807, 2.05) is 7.05 Å². The average Bonchev–Trinajstić information content (AvgIpc) is 2.53. The fourth-order valence-corrected chi connectivity index (χ4v) is 3.11. The summed E-state index contributed by atoms with van der Waals surface area (Å²) in [7, 11) is 3.60. The van der Waals surface area contributed by atoms with Gasteiger partial charge in [-0.3, -0.25) is 4.99 Å². The number of guanidine groups is 1. The molecule has 2 N–H and O–H groups in total. The second-order valence-electron chi connectivity index (χ2n) is 8.20. The van der Waals surface area contributed by atoms with Crippen LogP contribution in [-0.2, 0) is 4.74 Å². The Morgan fingerprint density at radius 3 is 2.42 bits per heavy atom. The number of aliphatic imine (C=N–C) groups is 1. The van der Waals surface area contributed by atoms with Crippen LogP contribution in [0.2, 0.25) is 0 Å². The number of hydrogen-bond acceptors (Lipinski definition) is 3. The van der Waals surface area contributed by atoms with Crippen LogP contribution in [0, 0.1) is 11.3 Å². The van der Waals surface area contributed by atoms with Crippen LogP contribution in [0.5, 0.6) is 0 Å². The first-order valence-corrected chi connectivity index (χ1v) is 9.56. The summed E-state index contributed by atoms with van der Waals surface area (Å²) in [6.07, 6.45) is 5.32. The SMILES string of the molecule is CN=C(NCCCCN1CCC(C)CC1)NCC(OC)C(C)(C)C. The molecule has 5 heteroatoms. The van der Waals surface area contributed by atoms with Crippen LogP contribution in [0.4, 0.5) is 0 Å². The van der Waals surface area contributed by atoms with E-state index in [1.165, 1.54) is 45.3 Å². The molecule has 1 aliphatic rings. The van der Waals surface area contributed by atoms with Crippen molar-refractivity contribution in [1.29, 1.82) is 0 Å². The third-order valence-corrected chi connectivity index (χ3v) is 5.00. The molecule has 0 aromatic heterocycles. The lowest BCUT2D eigenvalue weighted by atomic mass is 9.89. The summed E-state index contributed by atoms with van der Waals surface area (Å²) >= 11 is 0. The molecule has 1 fully saturated rings. The third-order valence-electron chi connectivity index (χ3n) is 5.00. The molecule has 0 saturated carbocycles. The molecule has 142 valence electrons. The quantitative estimate of drug-likeness (QED) is 0.405. The molecular weight excluding hydrogens is 300 g/mol. The number of unbranched alkanes of at least 4 members (excludes halogenated alkanes) is 1. The van der Waals surface area contributed by atoms with Gasteiger partial charge in [-0.2, -0.15) is 0 Å². The Labute approximate surface area is 149 Å². The van der Waals surface area contributed by atoms with Crippen LogP contribution in [0.25, 0.3) is 0 Å². The van der Waals surface area contributed by atoms with E-state index < -0.39 is 0 Å². The van der Waals surface area contributed by atoms with Gasteiger partial charge in [-0.25, -0.2) is 0 Å². The molecule has 5 nitrogen and oxygen atoms in total. The van der Waals surface area contributed by atoms with Crippen molar-refractivity contribution in [3.8, 4) is 0 Å². The van der Waals surface area contributed by atoms with Gasteiger partial charge in [0.25, 0.3) is 0 Å². The van der Waals surface area contributed by atoms with Crippen molar-refractivity contribution in [3.63, 3.8) is 0 Å². The van der Waals surface area contributed by atoms with Crippen molar-refractivity contribution >= 4 is 5.96 Å². The molecule has 1 atom stereocenters. The zero-order chi connectivity index (χ0) is 18.0. The van der Waals surface area contributed by atoms with Gasteiger partial charge in [-0.1, -0.05) is 27.7 Å². The molecule has 1 unspecified atom stereocenters. The molecule has 0 aromatic carbocycles. The molecule has 0 spiro atoms. The molecule has 1 rings (SSSR count). The largest absolute Gasteiger partial charge is 0.379 e. The molecule has 1 aliphatic heterocycles. The van der Waals surface area contributed by atoms with Crippen molar-refractivity contribution in [2.75, 3.05) is 46.9 Å². The normalized spacial score (nSPS) is 19.3. The maximum atomic E-state index is 5.58. The lowest BCUT2D eigenvalue weighted by molar-refractivity contribution is 0.0205. The van der Waals surface area contributed by atoms with Gasteiger partial charge in [-0.15, -0.1) is 0 Å². The highest BCUT2D eigenvalue weighted by Crippen LogP contribution is 2.20. The third kappa shape index (κ3) is 8.34. The van der Waals surface area contributed by atoms with Gasteiger partial charge in [0, 0.05) is 27.2 Å². The van der Waals surface area contributed by atoms with Gasteiger partial charge >= 0.3 is 0 Å². The van der Waals surface area contributed by atoms with Gasteiger partial charge in [0.15, 0.2) is 5.96 Å². The number of ether oxygens (including phenoxy) is 1. The summed E-state index contributed by atoms with van der Waals surface area (Å²) in [6.45, 7) is 14.5. The number of nitrogens with zero attached hydrogens (tertiary/aromatic N) is 2. The van der Waals surface area contributed by atoms with Gasteiger partial charge in [-0.05, 0) is 56.7 Å². The predicted molar refractivity (Wildman–Crippen MR) is 104 cm³/mol. The fraction of sp³-hybridized carbons (Fsp3) is 0.947. The number of methoxy groups -OCH3 is 1. The van der Waals surface area contributed by atoms with E-state index in [1.54, 1.807) is 7.11 Å². The number of rotatable bonds is 8. The minimum absolute atomic E-state index is 0.118. The molecule has 1 heterocycles. The summed E-state index contributed by atoms with van der Waals surface area (Å²) in [5, 5.41) is 6.79. The maximum Gasteiger partial charge on any atom is 0.191 e.